The van der Waals surface area contributed by atoms with Crippen molar-refractivity contribution >= 4 is 16.7 Å². The van der Waals surface area contributed by atoms with Crippen LogP contribution in [0.3, 0.4) is 0 Å². The Hall–Kier alpha value is -1.72. The van der Waals surface area contributed by atoms with Crippen LogP contribution in [0, 0.1) is 0 Å². The van der Waals surface area contributed by atoms with Crippen LogP contribution < -0.4 is 5.73 Å². The van der Waals surface area contributed by atoms with Gasteiger partial charge >= 0.3 is 0 Å². The van der Waals surface area contributed by atoms with Gasteiger partial charge < -0.3 is 10.8 Å². The van der Waals surface area contributed by atoms with Crippen LogP contribution >= 0.6 is 0 Å². The zero-order valence-electron chi connectivity index (χ0n) is 10.8. The maximum Gasteiger partial charge on any atom is 0.145 e. The number of aromatic nitrogens is 2. The highest BCUT2D eigenvalue weighted by Gasteiger charge is 2.18. The molecule has 2 aromatic rings. The highest BCUT2D eigenvalue weighted by Crippen LogP contribution is 2.18. The molecule has 0 unspecified atom stereocenters. The summed E-state index contributed by atoms with van der Waals surface area (Å²) in [4.78, 5) is 11.1. The minimum absolute atomic E-state index is 0.230. The Bertz CT molecular complexity index is 587. The molecule has 0 spiro atoms. The largest absolute Gasteiger partial charge is 0.392 e. The number of nitrogens with zero attached hydrogens (tertiary/aromatic N) is 3. The highest BCUT2D eigenvalue weighted by atomic mass is 16.3. The fourth-order valence-electron chi connectivity index (χ4n) is 2.60. The maximum atomic E-state index is 9.68. The van der Waals surface area contributed by atoms with E-state index in [9.17, 15) is 5.11 Å². The van der Waals surface area contributed by atoms with Gasteiger partial charge in [0.15, 0.2) is 0 Å². The van der Waals surface area contributed by atoms with Gasteiger partial charge in [-0.25, -0.2) is 9.97 Å². The molecule has 0 saturated carbocycles. The van der Waals surface area contributed by atoms with Crippen LogP contribution in [0.2, 0.25) is 0 Å². The van der Waals surface area contributed by atoms with Crippen molar-refractivity contribution < 1.29 is 5.11 Å². The minimum atomic E-state index is -0.230. The zero-order chi connectivity index (χ0) is 13.2. The van der Waals surface area contributed by atoms with Crippen LogP contribution in [0.1, 0.15) is 18.7 Å². The number of para-hydroxylation sites is 1. The second-order valence-corrected chi connectivity index (χ2v) is 5.07. The molecule has 1 atom stereocenters. The summed E-state index contributed by atoms with van der Waals surface area (Å²) in [7, 11) is 0. The lowest BCUT2D eigenvalue weighted by molar-refractivity contribution is 0.0656. The standard InChI is InChI=1S/C14H18N4O/c15-14-11-5-1-2-6-12(11)16-13(17-14)9-18-7-3-4-10(19)8-18/h1-2,5-6,10,19H,3-4,7-9H2,(H2,15,16,17)/t10-/m0/s1. The third-order valence-corrected chi connectivity index (χ3v) is 3.52. The molecule has 3 N–H and O–H groups in total. The van der Waals surface area contributed by atoms with Gasteiger partial charge in [0.1, 0.15) is 11.6 Å². The van der Waals surface area contributed by atoms with Gasteiger partial charge in [-0.15, -0.1) is 0 Å². The highest BCUT2D eigenvalue weighted by molar-refractivity contribution is 5.87. The molecule has 0 bridgehead atoms. The predicted molar refractivity (Wildman–Crippen MR) is 74.5 cm³/mol. The van der Waals surface area contributed by atoms with Crippen molar-refractivity contribution in [3.63, 3.8) is 0 Å². The van der Waals surface area contributed by atoms with Crippen LogP contribution in [-0.4, -0.2) is 39.2 Å². The first-order valence-corrected chi connectivity index (χ1v) is 6.64. The van der Waals surface area contributed by atoms with E-state index >= 15 is 0 Å². The number of piperidine rings is 1. The molecule has 1 fully saturated rings. The van der Waals surface area contributed by atoms with Crippen LogP contribution in [-0.2, 0) is 6.54 Å². The molecule has 19 heavy (non-hydrogen) atoms. The summed E-state index contributed by atoms with van der Waals surface area (Å²) in [6.45, 7) is 2.31. The fourth-order valence-corrected chi connectivity index (χ4v) is 2.60. The van der Waals surface area contributed by atoms with E-state index in [1.807, 2.05) is 24.3 Å². The maximum absolute atomic E-state index is 9.68. The molecule has 5 heteroatoms. The van der Waals surface area contributed by atoms with Crippen LogP contribution in [0.5, 0.6) is 0 Å². The fraction of sp³-hybridized carbons (Fsp3) is 0.429. The smallest absolute Gasteiger partial charge is 0.145 e. The van der Waals surface area contributed by atoms with Crippen LogP contribution in [0.4, 0.5) is 5.82 Å². The molecule has 0 radical (unpaired) electrons. The number of aliphatic hydroxyl groups is 1. The summed E-state index contributed by atoms with van der Waals surface area (Å²) in [5.41, 5.74) is 6.85. The van der Waals surface area contributed by atoms with Gasteiger partial charge in [-0.1, -0.05) is 12.1 Å². The van der Waals surface area contributed by atoms with E-state index in [4.69, 9.17) is 5.73 Å². The third-order valence-electron chi connectivity index (χ3n) is 3.52. The summed E-state index contributed by atoms with van der Waals surface area (Å²) >= 11 is 0. The molecule has 1 aliphatic heterocycles. The minimum Gasteiger partial charge on any atom is -0.392 e. The van der Waals surface area contributed by atoms with E-state index in [1.165, 1.54) is 0 Å². The number of nitrogen functional groups attached to an aromatic ring is 1. The van der Waals surface area contributed by atoms with Crippen LogP contribution in [0.25, 0.3) is 10.9 Å². The molecule has 0 aliphatic carbocycles. The quantitative estimate of drug-likeness (QED) is 0.845. The van der Waals surface area contributed by atoms with Gasteiger partial charge in [-0.2, -0.15) is 0 Å². The molecule has 2 heterocycles. The van der Waals surface area contributed by atoms with Crippen molar-refractivity contribution in [1.82, 2.24) is 14.9 Å². The van der Waals surface area contributed by atoms with E-state index in [0.717, 1.165) is 36.1 Å². The predicted octanol–water partition coefficient (Wildman–Crippen LogP) is 1.17. The monoisotopic (exact) mass is 258 g/mol. The number of nitrogens with two attached hydrogens (primary N) is 1. The van der Waals surface area contributed by atoms with Gasteiger partial charge in [0, 0.05) is 11.9 Å². The Labute approximate surface area is 112 Å². The summed E-state index contributed by atoms with van der Waals surface area (Å²) in [5.74, 6) is 1.25. The van der Waals surface area contributed by atoms with Gasteiger partial charge in [0.25, 0.3) is 0 Å². The topological polar surface area (TPSA) is 75.3 Å². The van der Waals surface area contributed by atoms with Crippen molar-refractivity contribution in [3.05, 3.63) is 30.1 Å². The van der Waals surface area contributed by atoms with E-state index in [1.54, 1.807) is 0 Å². The molecule has 100 valence electrons. The summed E-state index contributed by atoms with van der Waals surface area (Å²) < 4.78 is 0. The number of rotatable bonds is 2. The molecule has 3 rings (SSSR count). The Morgan fingerprint density at radius 3 is 3.00 bits per heavy atom. The number of aliphatic hydroxyl groups excluding tert-OH is 1. The molecule has 0 amide bonds. The Morgan fingerprint density at radius 2 is 2.16 bits per heavy atom. The number of fused-ring (bicyclic) bond motifs is 1. The van der Waals surface area contributed by atoms with Crippen molar-refractivity contribution in [2.75, 3.05) is 18.8 Å². The Balaban J connectivity index is 1.85. The summed E-state index contributed by atoms with van der Waals surface area (Å²) in [6, 6.07) is 7.76. The van der Waals surface area contributed by atoms with Gasteiger partial charge in [0.05, 0.1) is 18.2 Å². The number of β-amino-alcohol motifs (C(OH)–C–C–N with tert-alkyl or cyclic N) is 1. The number of anilines is 1. The van der Waals surface area contributed by atoms with E-state index in [-0.39, 0.29) is 6.10 Å². The van der Waals surface area contributed by atoms with Gasteiger partial charge in [-0.3, -0.25) is 4.90 Å². The summed E-state index contributed by atoms with van der Waals surface area (Å²) in [6.07, 6.45) is 1.67. The van der Waals surface area contributed by atoms with E-state index < -0.39 is 0 Å². The van der Waals surface area contributed by atoms with E-state index in [0.29, 0.717) is 18.9 Å². The van der Waals surface area contributed by atoms with E-state index in [2.05, 4.69) is 14.9 Å². The number of likely N-dealkylation sites (tertiary alicyclic amines) is 1. The van der Waals surface area contributed by atoms with Crippen molar-refractivity contribution in [2.24, 2.45) is 0 Å². The molecular formula is C14H18N4O. The normalized spacial score (nSPS) is 20.8. The number of hydrogen-bond acceptors (Lipinski definition) is 5. The molecule has 5 nitrogen and oxygen atoms in total. The number of hydrogen-bond donors (Lipinski definition) is 2. The van der Waals surface area contributed by atoms with Gasteiger partial charge in [0.2, 0.25) is 0 Å². The average molecular weight is 258 g/mol. The molecule has 1 aromatic carbocycles. The van der Waals surface area contributed by atoms with Crippen molar-refractivity contribution in [3.8, 4) is 0 Å². The van der Waals surface area contributed by atoms with Crippen molar-refractivity contribution in [1.29, 1.82) is 0 Å². The lowest BCUT2D eigenvalue weighted by Crippen LogP contribution is -2.38. The molecule has 1 saturated heterocycles. The van der Waals surface area contributed by atoms with Crippen LogP contribution in [0.15, 0.2) is 24.3 Å². The Kier molecular flexibility index (Phi) is 3.31. The second kappa shape index (κ2) is 5.11. The van der Waals surface area contributed by atoms with Gasteiger partial charge in [-0.05, 0) is 31.5 Å². The third kappa shape index (κ3) is 2.67. The lowest BCUT2D eigenvalue weighted by atomic mass is 10.1. The molecular weight excluding hydrogens is 240 g/mol. The zero-order valence-corrected chi connectivity index (χ0v) is 10.8. The SMILES string of the molecule is Nc1nc(CN2CCC[C@H](O)C2)nc2ccccc12. The summed E-state index contributed by atoms with van der Waals surface area (Å²) in [5, 5.41) is 10.6. The Morgan fingerprint density at radius 1 is 1.32 bits per heavy atom. The first-order chi connectivity index (χ1) is 9.22. The molecule has 1 aliphatic rings. The second-order valence-electron chi connectivity index (χ2n) is 5.07. The average Bonchev–Trinajstić information content (AvgIpc) is 2.39. The van der Waals surface area contributed by atoms with Crippen molar-refractivity contribution in [2.45, 2.75) is 25.5 Å². The molecule has 1 aromatic heterocycles. The lowest BCUT2D eigenvalue weighted by Gasteiger charge is -2.29. The first kappa shape index (κ1) is 12.3. The number of benzene rings is 1. The first-order valence-electron chi connectivity index (χ1n) is 6.64.